The third-order valence-electron chi connectivity index (χ3n) is 4.34. The van der Waals surface area contributed by atoms with Crippen LogP contribution in [0.1, 0.15) is 26.3 Å². The smallest absolute Gasteiger partial charge is 0.123 e. The van der Waals surface area contributed by atoms with E-state index < -0.39 is 0 Å². The molecule has 0 nitrogen and oxygen atoms in total. The maximum atomic E-state index is 13.3. The molecule has 1 aliphatic carbocycles. The van der Waals surface area contributed by atoms with Gasteiger partial charge in [-0.25, -0.2) is 4.39 Å². The lowest BCUT2D eigenvalue weighted by Crippen LogP contribution is -2.24. The second-order valence-electron chi connectivity index (χ2n) is 6.08. The molecule has 0 aliphatic heterocycles. The van der Waals surface area contributed by atoms with Gasteiger partial charge in [0.25, 0.3) is 0 Å². The topological polar surface area (TPSA) is 0 Å². The largest absolute Gasteiger partial charge is 0.207 e. The van der Waals surface area contributed by atoms with E-state index in [1.807, 2.05) is 12.1 Å². The fourth-order valence-electron chi connectivity index (χ4n) is 3.49. The number of allylic oxidation sites excluding steroid dienone is 2. The van der Waals surface area contributed by atoms with E-state index in [1.165, 1.54) is 21.6 Å². The first-order valence-electron chi connectivity index (χ1n) is 7.85. The molecule has 1 heteroatoms. The van der Waals surface area contributed by atoms with Gasteiger partial charge in [0, 0.05) is 5.92 Å². The van der Waals surface area contributed by atoms with E-state index in [0.29, 0.717) is 5.92 Å². The third kappa shape index (κ3) is 2.41. The summed E-state index contributed by atoms with van der Waals surface area (Å²) >= 11 is 0. The molecule has 0 N–H and O–H groups in total. The van der Waals surface area contributed by atoms with E-state index in [4.69, 9.17) is 0 Å². The van der Waals surface area contributed by atoms with Crippen molar-refractivity contribution in [3.63, 3.8) is 0 Å². The molecule has 0 saturated carbocycles. The summed E-state index contributed by atoms with van der Waals surface area (Å²) in [6, 6.07) is 15.4. The number of hydrogen-bond acceptors (Lipinski definition) is 0. The van der Waals surface area contributed by atoms with Gasteiger partial charge < -0.3 is 0 Å². The second-order valence-corrected chi connectivity index (χ2v) is 6.08. The zero-order valence-corrected chi connectivity index (χ0v) is 13.3. The minimum atomic E-state index is -0.189. The molecule has 0 fully saturated rings. The van der Waals surface area contributed by atoms with Crippen molar-refractivity contribution in [1.82, 2.24) is 0 Å². The molecule has 0 aromatic heterocycles. The standard InChI is InChI=1S/C21H21F/c1-4-7-19-20(14(2)3)17-8-5-6-9-18(17)21(19)15-10-12-16(22)13-11-15/h4-14,19H,1-3H3/b7-4+. The molecule has 0 radical (unpaired) electrons. The SMILES string of the molecule is C/C=C/C1C(c2ccc(F)cc2)=c2ccccc2=C1C(C)C. The zero-order valence-electron chi connectivity index (χ0n) is 13.3. The Kier molecular flexibility index (Phi) is 3.98. The highest BCUT2D eigenvalue weighted by molar-refractivity contribution is 5.82. The van der Waals surface area contributed by atoms with Crippen LogP contribution < -0.4 is 10.4 Å². The molecular weight excluding hydrogens is 271 g/mol. The van der Waals surface area contributed by atoms with Crippen LogP contribution in [0.5, 0.6) is 0 Å². The quantitative estimate of drug-likeness (QED) is 0.749. The van der Waals surface area contributed by atoms with Crippen LogP contribution in [-0.2, 0) is 0 Å². The summed E-state index contributed by atoms with van der Waals surface area (Å²) in [5.41, 5.74) is 3.85. The van der Waals surface area contributed by atoms with Crippen LogP contribution >= 0.6 is 0 Å². The second kappa shape index (κ2) is 5.92. The van der Waals surface area contributed by atoms with Crippen molar-refractivity contribution >= 4 is 11.1 Å². The van der Waals surface area contributed by atoms with Crippen molar-refractivity contribution < 1.29 is 4.39 Å². The monoisotopic (exact) mass is 292 g/mol. The molecule has 0 bridgehead atoms. The summed E-state index contributed by atoms with van der Waals surface area (Å²) in [5, 5.41) is 2.61. The van der Waals surface area contributed by atoms with Gasteiger partial charge in [0.05, 0.1) is 0 Å². The fourth-order valence-corrected chi connectivity index (χ4v) is 3.49. The van der Waals surface area contributed by atoms with Crippen LogP contribution in [0.3, 0.4) is 0 Å². The molecule has 0 saturated heterocycles. The first-order valence-corrected chi connectivity index (χ1v) is 7.85. The summed E-state index contributed by atoms with van der Waals surface area (Å²) in [6.45, 7) is 6.55. The third-order valence-corrected chi connectivity index (χ3v) is 4.34. The van der Waals surface area contributed by atoms with E-state index in [0.717, 1.165) is 5.56 Å². The lowest BCUT2D eigenvalue weighted by molar-refractivity contribution is 0.627. The van der Waals surface area contributed by atoms with Gasteiger partial charge in [0.2, 0.25) is 0 Å². The molecule has 0 amide bonds. The molecule has 1 atom stereocenters. The predicted molar refractivity (Wildman–Crippen MR) is 91.2 cm³/mol. The van der Waals surface area contributed by atoms with Crippen molar-refractivity contribution in [3.05, 3.63) is 82.5 Å². The number of benzene rings is 2. The first kappa shape index (κ1) is 14.8. The Morgan fingerprint density at radius 2 is 1.59 bits per heavy atom. The van der Waals surface area contributed by atoms with Gasteiger partial charge in [-0.3, -0.25) is 0 Å². The van der Waals surface area contributed by atoms with Crippen molar-refractivity contribution in [2.45, 2.75) is 20.8 Å². The molecule has 2 aromatic rings. The average Bonchev–Trinajstić information content (AvgIpc) is 2.83. The van der Waals surface area contributed by atoms with E-state index in [1.54, 1.807) is 12.1 Å². The normalized spacial score (nSPS) is 17.6. The molecular formula is C21H21F. The van der Waals surface area contributed by atoms with Gasteiger partial charge >= 0.3 is 0 Å². The van der Waals surface area contributed by atoms with Crippen LogP contribution in [0, 0.1) is 17.7 Å². The maximum absolute atomic E-state index is 13.3. The highest BCUT2D eigenvalue weighted by Crippen LogP contribution is 2.34. The Hall–Kier alpha value is -2.15. The number of hydrogen-bond donors (Lipinski definition) is 0. The Labute approximate surface area is 131 Å². The molecule has 1 aliphatic rings. The van der Waals surface area contributed by atoms with Gasteiger partial charge in [-0.15, -0.1) is 0 Å². The molecule has 3 rings (SSSR count). The average molecular weight is 292 g/mol. The van der Waals surface area contributed by atoms with Gasteiger partial charge in [0.15, 0.2) is 0 Å². The summed E-state index contributed by atoms with van der Waals surface area (Å²) in [7, 11) is 0. The number of fused-ring (bicyclic) bond motifs is 1. The van der Waals surface area contributed by atoms with Crippen LogP contribution in [0.25, 0.3) is 11.1 Å². The van der Waals surface area contributed by atoms with Crippen LogP contribution in [0.4, 0.5) is 4.39 Å². The summed E-state index contributed by atoms with van der Waals surface area (Å²) in [5.74, 6) is 0.555. The maximum Gasteiger partial charge on any atom is 0.123 e. The summed E-state index contributed by atoms with van der Waals surface area (Å²) < 4.78 is 13.3. The summed E-state index contributed by atoms with van der Waals surface area (Å²) in [4.78, 5) is 0. The van der Waals surface area contributed by atoms with E-state index >= 15 is 0 Å². The molecule has 22 heavy (non-hydrogen) atoms. The highest BCUT2D eigenvalue weighted by Gasteiger charge is 2.26. The lowest BCUT2D eigenvalue weighted by Gasteiger charge is -2.19. The van der Waals surface area contributed by atoms with Crippen molar-refractivity contribution in [3.8, 4) is 0 Å². The van der Waals surface area contributed by atoms with Gasteiger partial charge in [0.1, 0.15) is 5.82 Å². The van der Waals surface area contributed by atoms with Gasteiger partial charge in [-0.05, 0) is 52.1 Å². The van der Waals surface area contributed by atoms with Gasteiger partial charge in [-0.1, -0.05) is 62.4 Å². The number of halogens is 1. The minimum absolute atomic E-state index is 0.189. The Morgan fingerprint density at radius 3 is 2.18 bits per heavy atom. The van der Waals surface area contributed by atoms with Crippen LogP contribution in [0.2, 0.25) is 0 Å². The lowest BCUT2D eigenvalue weighted by atomic mass is 9.84. The number of rotatable bonds is 3. The van der Waals surface area contributed by atoms with E-state index in [2.05, 4.69) is 57.2 Å². The van der Waals surface area contributed by atoms with Crippen molar-refractivity contribution in [1.29, 1.82) is 0 Å². The molecule has 0 spiro atoms. The van der Waals surface area contributed by atoms with Crippen LogP contribution in [-0.4, -0.2) is 0 Å². The molecule has 0 heterocycles. The highest BCUT2D eigenvalue weighted by atomic mass is 19.1. The molecule has 2 aromatic carbocycles. The Bertz CT molecular complexity index is 823. The summed E-state index contributed by atoms with van der Waals surface area (Å²) in [6.07, 6.45) is 4.37. The molecule has 112 valence electrons. The van der Waals surface area contributed by atoms with Crippen molar-refractivity contribution in [2.75, 3.05) is 0 Å². The predicted octanol–water partition coefficient (Wildman–Crippen LogP) is 4.04. The van der Waals surface area contributed by atoms with Crippen LogP contribution in [0.15, 0.2) is 60.7 Å². The Balaban J connectivity index is 2.35. The minimum Gasteiger partial charge on any atom is -0.207 e. The molecule has 1 unspecified atom stereocenters. The van der Waals surface area contributed by atoms with E-state index in [-0.39, 0.29) is 11.7 Å². The Morgan fingerprint density at radius 1 is 0.955 bits per heavy atom. The first-order chi connectivity index (χ1) is 10.6. The van der Waals surface area contributed by atoms with Crippen molar-refractivity contribution in [2.24, 2.45) is 11.8 Å². The van der Waals surface area contributed by atoms with Gasteiger partial charge in [-0.2, -0.15) is 0 Å². The fraction of sp³-hybridized carbons (Fsp3) is 0.238. The zero-order chi connectivity index (χ0) is 15.7. The van der Waals surface area contributed by atoms with E-state index in [9.17, 15) is 4.39 Å².